The average molecular weight is 355 g/mol. The predicted molar refractivity (Wildman–Crippen MR) is 99.2 cm³/mol. The van der Waals surface area contributed by atoms with E-state index < -0.39 is 5.97 Å². The Morgan fingerprint density at radius 3 is 2.60 bits per heavy atom. The number of rotatable bonds is 5. The van der Waals surface area contributed by atoms with Crippen molar-refractivity contribution in [1.82, 2.24) is 9.97 Å². The number of para-hydroxylation sites is 1. The maximum atomic E-state index is 11.4. The number of carboxylic acid groups (broad SMARTS) is 1. The fourth-order valence-electron chi connectivity index (χ4n) is 2.51. The van der Waals surface area contributed by atoms with E-state index >= 15 is 0 Å². The number of H-pyrrole nitrogens is 1. The Hall–Kier alpha value is -2.80. The van der Waals surface area contributed by atoms with Gasteiger partial charge >= 0.3 is 5.97 Å². The van der Waals surface area contributed by atoms with Crippen LogP contribution in [0.15, 0.2) is 42.5 Å². The van der Waals surface area contributed by atoms with E-state index in [0.29, 0.717) is 29.0 Å². The highest BCUT2D eigenvalue weighted by Gasteiger charge is 2.17. The quantitative estimate of drug-likeness (QED) is 0.526. The van der Waals surface area contributed by atoms with Crippen molar-refractivity contribution in [3.8, 4) is 0 Å². The molecule has 6 nitrogen and oxygen atoms in total. The van der Waals surface area contributed by atoms with Gasteiger partial charge in [-0.2, -0.15) is 12.6 Å². The Morgan fingerprint density at radius 1 is 1.24 bits per heavy atom. The fourth-order valence-corrected chi connectivity index (χ4v) is 2.80. The molecule has 1 amide bonds. The minimum absolute atomic E-state index is 0.0475. The molecule has 0 fully saturated rings. The number of carbonyl (C=O) groups excluding carboxylic acids is 1. The molecule has 0 saturated carbocycles. The number of imidazole rings is 1. The lowest BCUT2D eigenvalue weighted by molar-refractivity contribution is -0.115. The van der Waals surface area contributed by atoms with Crippen LogP contribution in [-0.4, -0.2) is 27.0 Å². The number of hydrogen-bond donors (Lipinski definition) is 4. The second kappa shape index (κ2) is 6.98. The zero-order valence-corrected chi connectivity index (χ0v) is 14.4. The largest absolute Gasteiger partial charge is 0.478 e. The van der Waals surface area contributed by atoms with Gasteiger partial charge in [0.2, 0.25) is 5.91 Å². The van der Waals surface area contributed by atoms with Crippen molar-refractivity contribution in [2.75, 3.05) is 5.32 Å². The number of carbonyl (C=O) groups is 2. The molecule has 3 aromatic rings. The number of nitrogens with one attached hydrogen (secondary N) is 2. The molecule has 128 valence electrons. The third kappa shape index (κ3) is 3.51. The molecule has 1 heterocycles. The van der Waals surface area contributed by atoms with Crippen LogP contribution in [0.25, 0.3) is 11.0 Å². The summed E-state index contributed by atoms with van der Waals surface area (Å²) in [5, 5.41) is 11.7. The summed E-state index contributed by atoms with van der Waals surface area (Å²) in [6, 6.07) is 12.3. The van der Waals surface area contributed by atoms with Crippen molar-refractivity contribution in [1.29, 1.82) is 0 Å². The van der Waals surface area contributed by atoms with E-state index in [2.05, 4.69) is 27.9 Å². The number of aromatic amines is 1. The van der Waals surface area contributed by atoms with Gasteiger partial charge in [-0.05, 0) is 29.8 Å². The molecular formula is C18H17N3O3S. The van der Waals surface area contributed by atoms with E-state index in [4.69, 9.17) is 0 Å². The van der Waals surface area contributed by atoms with Crippen LogP contribution in [0.5, 0.6) is 0 Å². The lowest BCUT2D eigenvalue weighted by Gasteiger charge is -2.10. The Balaban J connectivity index is 1.89. The fraction of sp³-hybridized carbons (Fsp3) is 0.167. The highest BCUT2D eigenvalue weighted by Crippen LogP contribution is 2.29. The summed E-state index contributed by atoms with van der Waals surface area (Å²) in [4.78, 5) is 30.3. The Bertz CT molecular complexity index is 934. The van der Waals surface area contributed by atoms with Crippen molar-refractivity contribution < 1.29 is 14.7 Å². The zero-order chi connectivity index (χ0) is 18.0. The maximum Gasteiger partial charge on any atom is 0.337 e. The molecule has 25 heavy (non-hydrogen) atoms. The minimum Gasteiger partial charge on any atom is -0.478 e. The number of anilines is 1. The van der Waals surface area contributed by atoms with Crippen molar-refractivity contribution in [3.05, 3.63) is 59.4 Å². The van der Waals surface area contributed by atoms with Gasteiger partial charge in [0, 0.05) is 12.1 Å². The molecule has 0 aliphatic carbocycles. The number of aromatic nitrogens is 2. The van der Waals surface area contributed by atoms with Crippen LogP contribution in [-0.2, 0) is 4.79 Å². The van der Waals surface area contributed by atoms with E-state index in [1.165, 1.54) is 6.07 Å². The first-order valence-electron chi connectivity index (χ1n) is 7.79. The van der Waals surface area contributed by atoms with E-state index in [1.54, 1.807) is 31.2 Å². The first-order valence-corrected chi connectivity index (χ1v) is 8.31. The number of carboxylic acids is 1. The summed E-state index contributed by atoms with van der Waals surface area (Å²) in [5.74, 6) is -0.499. The molecule has 3 rings (SSSR count). The van der Waals surface area contributed by atoms with E-state index in [-0.39, 0.29) is 16.7 Å². The first kappa shape index (κ1) is 17.0. The number of benzene rings is 2. The molecule has 0 radical (unpaired) electrons. The Kier molecular flexibility index (Phi) is 4.76. The Labute approximate surface area is 149 Å². The molecule has 0 saturated heterocycles. The highest BCUT2D eigenvalue weighted by atomic mass is 32.1. The number of aromatic carboxylic acids is 1. The third-order valence-corrected chi connectivity index (χ3v) is 4.39. The van der Waals surface area contributed by atoms with Gasteiger partial charge in [0.25, 0.3) is 0 Å². The van der Waals surface area contributed by atoms with Crippen LogP contribution in [0.2, 0.25) is 0 Å². The molecule has 2 aromatic carbocycles. The minimum atomic E-state index is -1.02. The number of fused-ring (bicyclic) bond motifs is 1. The summed E-state index contributed by atoms with van der Waals surface area (Å²) in [7, 11) is 0. The molecular weight excluding hydrogens is 338 g/mol. The lowest BCUT2D eigenvalue weighted by atomic mass is 10.1. The van der Waals surface area contributed by atoms with E-state index in [1.807, 2.05) is 12.1 Å². The van der Waals surface area contributed by atoms with Gasteiger partial charge < -0.3 is 15.4 Å². The van der Waals surface area contributed by atoms with Crippen molar-refractivity contribution in [3.63, 3.8) is 0 Å². The summed E-state index contributed by atoms with van der Waals surface area (Å²) in [6.45, 7) is 1.79. The van der Waals surface area contributed by atoms with E-state index in [0.717, 1.165) is 5.56 Å². The van der Waals surface area contributed by atoms with Gasteiger partial charge in [0.15, 0.2) is 0 Å². The molecule has 0 bridgehead atoms. The van der Waals surface area contributed by atoms with Gasteiger partial charge in [-0.1, -0.05) is 25.1 Å². The smallest absolute Gasteiger partial charge is 0.337 e. The van der Waals surface area contributed by atoms with Crippen molar-refractivity contribution in [2.24, 2.45) is 0 Å². The summed E-state index contributed by atoms with van der Waals surface area (Å²) >= 11 is 4.60. The number of nitrogens with zero attached hydrogens (tertiary/aromatic N) is 1. The maximum absolute atomic E-state index is 11.4. The summed E-state index contributed by atoms with van der Waals surface area (Å²) in [5.41, 5.74) is 2.82. The lowest BCUT2D eigenvalue weighted by Crippen LogP contribution is -2.09. The second-order valence-corrected chi connectivity index (χ2v) is 6.07. The predicted octanol–water partition coefficient (Wildman–Crippen LogP) is 3.63. The summed E-state index contributed by atoms with van der Waals surface area (Å²) < 4.78 is 0. The SMILES string of the molecule is CCC(=O)Nc1ccc(C(S)c2nc3c(C(=O)O)cccc3[nH]2)cc1. The monoisotopic (exact) mass is 355 g/mol. The molecule has 1 unspecified atom stereocenters. The van der Waals surface area contributed by atoms with Crippen LogP contribution in [0.4, 0.5) is 5.69 Å². The van der Waals surface area contributed by atoms with Crippen molar-refractivity contribution >= 4 is 41.2 Å². The van der Waals surface area contributed by atoms with Crippen LogP contribution < -0.4 is 5.32 Å². The average Bonchev–Trinajstić information content (AvgIpc) is 3.05. The molecule has 7 heteroatoms. The van der Waals surface area contributed by atoms with Gasteiger partial charge in [-0.3, -0.25) is 4.79 Å². The number of hydrogen-bond acceptors (Lipinski definition) is 4. The normalized spacial score (nSPS) is 12.1. The molecule has 0 spiro atoms. The van der Waals surface area contributed by atoms with Gasteiger partial charge in [0.1, 0.15) is 11.3 Å². The van der Waals surface area contributed by atoms with E-state index in [9.17, 15) is 14.7 Å². The van der Waals surface area contributed by atoms with Crippen LogP contribution in [0.3, 0.4) is 0 Å². The molecule has 1 aromatic heterocycles. The second-order valence-electron chi connectivity index (χ2n) is 5.56. The van der Waals surface area contributed by atoms with Gasteiger partial charge in [0.05, 0.1) is 16.3 Å². The Morgan fingerprint density at radius 2 is 1.96 bits per heavy atom. The van der Waals surface area contributed by atoms with Crippen LogP contribution >= 0.6 is 12.6 Å². The summed E-state index contributed by atoms with van der Waals surface area (Å²) in [6.07, 6.45) is 0.418. The third-order valence-electron chi connectivity index (χ3n) is 3.85. The zero-order valence-electron chi connectivity index (χ0n) is 13.5. The van der Waals surface area contributed by atoms with Crippen LogP contribution in [0.1, 0.15) is 40.3 Å². The van der Waals surface area contributed by atoms with Crippen molar-refractivity contribution in [2.45, 2.75) is 18.6 Å². The molecule has 3 N–H and O–H groups in total. The van der Waals surface area contributed by atoms with Crippen LogP contribution in [0, 0.1) is 0 Å². The van der Waals surface area contributed by atoms with Gasteiger partial charge in [-0.25, -0.2) is 9.78 Å². The standard InChI is InChI=1S/C18H17N3O3S/c1-2-14(22)19-11-8-6-10(7-9-11)16(25)17-20-13-5-3-4-12(18(23)24)15(13)21-17/h3-9,16,25H,2H2,1H3,(H,19,22)(H,20,21)(H,23,24). The highest BCUT2D eigenvalue weighted by molar-refractivity contribution is 7.80. The number of thiol groups is 1. The molecule has 0 aliphatic rings. The molecule has 1 atom stereocenters. The van der Waals surface area contributed by atoms with Gasteiger partial charge in [-0.15, -0.1) is 0 Å². The number of amides is 1. The first-order chi connectivity index (χ1) is 12.0. The molecule has 0 aliphatic heterocycles. The topological polar surface area (TPSA) is 95.1 Å².